The Morgan fingerprint density at radius 2 is 1.87 bits per heavy atom. The topological polar surface area (TPSA) is 64.6 Å². The van der Waals surface area contributed by atoms with Crippen molar-refractivity contribution in [2.45, 2.75) is 0 Å². The van der Waals surface area contributed by atoms with Crippen molar-refractivity contribution in [3.8, 4) is 5.75 Å². The molecule has 1 N–H and O–H groups in total. The van der Waals surface area contributed by atoms with Crippen LogP contribution in [0.25, 0.3) is 0 Å². The van der Waals surface area contributed by atoms with Gasteiger partial charge in [0.2, 0.25) is 0 Å². The number of anilines is 1. The number of halogens is 2. The van der Waals surface area contributed by atoms with Gasteiger partial charge in [0.1, 0.15) is 5.75 Å². The van der Waals surface area contributed by atoms with E-state index in [9.17, 15) is 9.59 Å². The second kappa shape index (κ2) is 7.85. The molecule has 0 unspecified atom stereocenters. The van der Waals surface area contributed by atoms with Crippen LogP contribution in [0.5, 0.6) is 5.75 Å². The number of hydrogen-bond acceptors (Lipinski definition) is 4. The largest absolute Gasteiger partial charge is 0.495 e. The zero-order valence-corrected chi connectivity index (χ0v) is 13.6. The van der Waals surface area contributed by atoms with Crippen molar-refractivity contribution in [1.82, 2.24) is 0 Å². The van der Waals surface area contributed by atoms with Crippen LogP contribution in [0.1, 0.15) is 10.4 Å². The number of amides is 1. The van der Waals surface area contributed by atoms with E-state index in [1.54, 1.807) is 24.3 Å². The Labute approximate surface area is 143 Å². The maximum Gasteiger partial charge on any atom is 0.340 e. The minimum Gasteiger partial charge on any atom is -0.495 e. The fraction of sp³-hybridized carbons (Fsp3) is 0.125. The molecule has 23 heavy (non-hydrogen) atoms. The molecular formula is C16H13Cl2NO4. The van der Waals surface area contributed by atoms with Crippen molar-refractivity contribution in [2.24, 2.45) is 0 Å². The standard InChI is InChI=1S/C16H13Cl2NO4/c1-22-14-5-3-2-4-13(14)19-15(20)9-23-16(21)11-7-6-10(17)8-12(11)18/h2-8H,9H2,1H3,(H,19,20). The summed E-state index contributed by atoms with van der Waals surface area (Å²) >= 11 is 11.7. The number of benzene rings is 2. The maximum atomic E-state index is 11.9. The number of nitrogens with one attached hydrogen (secondary N) is 1. The Kier molecular flexibility index (Phi) is 5.84. The van der Waals surface area contributed by atoms with Crippen LogP contribution in [0.2, 0.25) is 10.0 Å². The summed E-state index contributed by atoms with van der Waals surface area (Å²) in [4.78, 5) is 23.8. The quantitative estimate of drug-likeness (QED) is 0.830. The third-order valence-electron chi connectivity index (χ3n) is 2.87. The highest BCUT2D eigenvalue weighted by Gasteiger charge is 2.14. The van der Waals surface area contributed by atoms with E-state index < -0.39 is 18.5 Å². The first-order valence-corrected chi connectivity index (χ1v) is 7.32. The van der Waals surface area contributed by atoms with Crippen molar-refractivity contribution < 1.29 is 19.1 Å². The average Bonchev–Trinajstić information content (AvgIpc) is 2.53. The Bertz CT molecular complexity index is 734. The minimum atomic E-state index is -0.707. The number of rotatable bonds is 5. The van der Waals surface area contributed by atoms with E-state index in [-0.39, 0.29) is 10.6 Å². The van der Waals surface area contributed by atoms with Gasteiger partial charge >= 0.3 is 5.97 Å². The molecule has 0 bridgehead atoms. The van der Waals surface area contributed by atoms with Gasteiger partial charge in [-0.05, 0) is 30.3 Å². The van der Waals surface area contributed by atoms with Gasteiger partial charge in [0, 0.05) is 5.02 Å². The molecule has 0 saturated carbocycles. The molecule has 0 aromatic heterocycles. The normalized spacial score (nSPS) is 10.0. The van der Waals surface area contributed by atoms with Crippen molar-refractivity contribution in [1.29, 1.82) is 0 Å². The van der Waals surface area contributed by atoms with Crippen LogP contribution < -0.4 is 10.1 Å². The number of para-hydroxylation sites is 2. The van der Waals surface area contributed by atoms with Gasteiger partial charge in [-0.15, -0.1) is 0 Å². The number of methoxy groups -OCH3 is 1. The lowest BCUT2D eigenvalue weighted by Gasteiger charge is -2.10. The summed E-state index contributed by atoms with van der Waals surface area (Å²) in [6, 6.07) is 11.3. The van der Waals surface area contributed by atoms with E-state index in [0.717, 1.165) is 0 Å². The molecule has 0 radical (unpaired) electrons. The van der Waals surface area contributed by atoms with E-state index in [1.165, 1.54) is 25.3 Å². The molecule has 120 valence electrons. The van der Waals surface area contributed by atoms with E-state index in [4.69, 9.17) is 32.7 Å². The van der Waals surface area contributed by atoms with Crippen molar-refractivity contribution in [3.63, 3.8) is 0 Å². The molecule has 2 aromatic carbocycles. The Hall–Kier alpha value is -2.24. The van der Waals surface area contributed by atoms with E-state index >= 15 is 0 Å². The summed E-state index contributed by atoms with van der Waals surface area (Å²) in [7, 11) is 1.49. The summed E-state index contributed by atoms with van der Waals surface area (Å²) in [5, 5.41) is 3.16. The van der Waals surface area contributed by atoms with Gasteiger partial charge in [0.05, 0.1) is 23.4 Å². The smallest absolute Gasteiger partial charge is 0.340 e. The Morgan fingerprint density at radius 1 is 1.13 bits per heavy atom. The Balaban J connectivity index is 1.95. The molecule has 0 fully saturated rings. The average molecular weight is 354 g/mol. The molecule has 7 heteroatoms. The number of hydrogen-bond donors (Lipinski definition) is 1. The van der Waals surface area contributed by atoms with Gasteiger partial charge in [-0.2, -0.15) is 0 Å². The van der Waals surface area contributed by atoms with Crippen molar-refractivity contribution >= 4 is 40.8 Å². The molecule has 1 amide bonds. The summed E-state index contributed by atoms with van der Waals surface area (Å²) < 4.78 is 10.1. The number of carbonyl (C=O) groups is 2. The lowest BCUT2D eigenvalue weighted by molar-refractivity contribution is -0.119. The van der Waals surface area contributed by atoms with Crippen LogP contribution in [-0.2, 0) is 9.53 Å². The summed E-state index contributed by atoms with van der Waals surface area (Å²) in [6.45, 7) is -0.449. The molecule has 0 atom stereocenters. The van der Waals surface area contributed by atoms with Crippen LogP contribution in [0.4, 0.5) is 5.69 Å². The van der Waals surface area contributed by atoms with Crippen LogP contribution in [0.3, 0.4) is 0 Å². The molecule has 5 nitrogen and oxygen atoms in total. The van der Waals surface area contributed by atoms with Gasteiger partial charge in [-0.25, -0.2) is 4.79 Å². The first-order chi connectivity index (χ1) is 11.0. The van der Waals surface area contributed by atoms with Gasteiger partial charge in [0.15, 0.2) is 6.61 Å². The number of ether oxygens (including phenoxy) is 2. The monoisotopic (exact) mass is 353 g/mol. The highest BCUT2D eigenvalue weighted by Crippen LogP contribution is 2.23. The van der Waals surface area contributed by atoms with Crippen molar-refractivity contribution in [3.05, 3.63) is 58.1 Å². The molecule has 0 saturated heterocycles. The molecule has 0 aliphatic carbocycles. The fourth-order valence-corrected chi connectivity index (χ4v) is 2.28. The summed E-state index contributed by atoms with van der Waals surface area (Å²) in [5.41, 5.74) is 0.627. The maximum absolute atomic E-state index is 11.9. The van der Waals surface area contributed by atoms with Crippen LogP contribution in [0, 0.1) is 0 Å². The predicted molar refractivity (Wildman–Crippen MR) is 88.4 cm³/mol. The lowest BCUT2D eigenvalue weighted by atomic mass is 10.2. The first kappa shape index (κ1) is 17.1. The predicted octanol–water partition coefficient (Wildman–Crippen LogP) is 3.80. The van der Waals surface area contributed by atoms with E-state index in [0.29, 0.717) is 16.5 Å². The third kappa shape index (κ3) is 4.61. The number of carbonyl (C=O) groups excluding carboxylic acids is 2. The molecule has 2 rings (SSSR count). The fourth-order valence-electron chi connectivity index (χ4n) is 1.80. The zero-order valence-electron chi connectivity index (χ0n) is 12.1. The summed E-state index contributed by atoms with van der Waals surface area (Å²) in [5.74, 6) is -0.692. The SMILES string of the molecule is COc1ccccc1NC(=O)COC(=O)c1ccc(Cl)cc1Cl. The first-order valence-electron chi connectivity index (χ1n) is 6.56. The van der Waals surface area contributed by atoms with Crippen LogP contribution >= 0.6 is 23.2 Å². The highest BCUT2D eigenvalue weighted by molar-refractivity contribution is 6.36. The molecule has 0 heterocycles. The zero-order chi connectivity index (χ0) is 16.8. The van der Waals surface area contributed by atoms with Gasteiger partial charge in [-0.1, -0.05) is 35.3 Å². The van der Waals surface area contributed by atoms with Gasteiger partial charge < -0.3 is 14.8 Å². The van der Waals surface area contributed by atoms with Crippen molar-refractivity contribution in [2.75, 3.05) is 19.0 Å². The van der Waals surface area contributed by atoms with E-state index in [1.807, 2.05) is 0 Å². The second-order valence-corrected chi connectivity index (χ2v) is 5.29. The molecule has 0 spiro atoms. The molecule has 0 aliphatic heterocycles. The van der Waals surface area contributed by atoms with Crippen LogP contribution in [0.15, 0.2) is 42.5 Å². The molecule has 2 aromatic rings. The third-order valence-corrected chi connectivity index (χ3v) is 3.41. The molecular weight excluding hydrogens is 341 g/mol. The summed E-state index contributed by atoms with van der Waals surface area (Å²) in [6.07, 6.45) is 0. The van der Waals surface area contributed by atoms with Gasteiger partial charge in [0.25, 0.3) is 5.91 Å². The van der Waals surface area contributed by atoms with E-state index in [2.05, 4.69) is 5.32 Å². The van der Waals surface area contributed by atoms with Crippen LogP contribution in [-0.4, -0.2) is 25.6 Å². The second-order valence-electron chi connectivity index (χ2n) is 4.45. The lowest BCUT2D eigenvalue weighted by Crippen LogP contribution is -2.21. The highest BCUT2D eigenvalue weighted by atomic mass is 35.5. The number of esters is 1. The van der Waals surface area contributed by atoms with Gasteiger partial charge in [-0.3, -0.25) is 4.79 Å². The minimum absolute atomic E-state index is 0.140. The molecule has 0 aliphatic rings. The Morgan fingerprint density at radius 3 is 2.57 bits per heavy atom.